The second-order valence-corrected chi connectivity index (χ2v) is 18.8. The Bertz CT molecular complexity index is 1790. The van der Waals surface area contributed by atoms with Gasteiger partial charge in [0.25, 0.3) is 11.8 Å². The minimum atomic E-state index is -4.72. The fraction of sp³-hybridized carbons (Fsp3) is 0.619. The molecule has 2 aromatic rings. The van der Waals surface area contributed by atoms with Crippen molar-refractivity contribution in [2.45, 2.75) is 116 Å². The SMILES string of the molecule is CC(C)(C)NC(=O)CN1CCC2(CC1)C[C@@H]2NC(=O)c1cc(F)cc(C(F)(F)F)c1.CC(C)(C)NC(=O)CN1CCC2(CC1)C[C@H]2NC(=O)c1cc(F)cc(C(F)(F)F)c1. The summed E-state index contributed by atoms with van der Waals surface area (Å²) < 4.78 is 104. The summed E-state index contributed by atoms with van der Waals surface area (Å²) in [6, 6.07) is 3.43. The number of carbonyl (C=O) groups excluding carboxylic acids is 4. The Morgan fingerprint density at radius 1 is 0.567 bits per heavy atom. The third-order valence-corrected chi connectivity index (χ3v) is 11.4. The predicted octanol–water partition coefficient (Wildman–Crippen LogP) is 6.69. The summed E-state index contributed by atoms with van der Waals surface area (Å²) >= 11 is 0. The second-order valence-electron chi connectivity index (χ2n) is 18.8. The van der Waals surface area contributed by atoms with Crippen LogP contribution in [0.3, 0.4) is 0 Å². The molecule has 6 rings (SSSR count). The molecule has 2 aliphatic carbocycles. The van der Waals surface area contributed by atoms with Gasteiger partial charge in [-0.25, -0.2) is 8.78 Å². The highest BCUT2D eigenvalue weighted by Crippen LogP contribution is 2.55. The molecule has 2 spiro atoms. The molecule has 4 aliphatic rings. The van der Waals surface area contributed by atoms with Gasteiger partial charge in [0.1, 0.15) is 11.6 Å². The lowest BCUT2D eigenvalue weighted by molar-refractivity contribution is -0.138. The molecule has 332 valence electrons. The van der Waals surface area contributed by atoms with Gasteiger partial charge in [0.05, 0.1) is 24.2 Å². The normalized spacial score (nSPS) is 21.4. The van der Waals surface area contributed by atoms with Gasteiger partial charge in [-0.05, 0) is 153 Å². The van der Waals surface area contributed by atoms with E-state index in [9.17, 15) is 54.3 Å². The molecule has 2 heterocycles. The molecule has 60 heavy (non-hydrogen) atoms. The number of nitrogens with zero attached hydrogens (tertiary/aromatic N) is 2. The average Bonchev–Trinajstić information content (AvgIpc) is 3.98. The molecule has 0 bridgehead atoms. The number of halogens is 8. The first-order valence-corrected chi connectivity index (χ1v) is 20.0. The molecule has 4 amide bonds. The highest BCUT2D eigenvalue weighted by Gasteiger charge is 2.56. The Morgan fingerprint density at radius 2 is 0.883 bits per heavy atom. The minimum absolute atomic E-state index is 0.0364. The molecule has 10 nitrogen and oxygen atoms in total. The van der Waals surface area contributed by atoms with E-state index < -0.39 is 46.9 Å². The largest absolute Gasteiger partial charge is 0.416 e. The van der Waals surface area contributed by atoms with Gasteiger partial charge in [-0.1, -0.05) is 0 Å². The predicted molar refractivity (Wildman–Crippen MR) is 207 cm³/mol. The van der Waals surface area contributed by atoms with Crippen LogP contribution in [0, 0.1) is 22.5 Å². The van der Waals surface area contributed by atoms with E-state index in [0.29, 0.717) is 63.5 Å². The molecule has 2 atom stereocenters. The molecule has 0 aromatic heterocycles. The minimum Gasteiger partial charge on any atom is -0.350 e. The topological polar surface area (TPSA) is 123 Å². The second kappa shape index (κ2) is 17.2. The molecular formula is C42H54F8N6O4. The maximum Gasteiger partial charge on any atom is 0.416 e. The molecule has 2 saturated heterocycles. The maximum absolute atomic E-state index is 13.6. The molecule has 4 N–H and O–H groups in total. The van der Waals surface area contributed by atoms with Gasteiger partial charge in [0.15, 0.2) is 0 Å². The maximum atomic E-state index is 13.6. The number of piperidine rings is 2. The van der Waals surface area contributed by atoms with E-state index in [1.54, 1.807) is 0 Å². The summed E-state index contributed by atoms with van der Waals surface area (Å²) in [7, 11) is 0. The highest BCUT2D eigenvalue weighted by molar-refractivity contribution is 5.95. The third-order valence-electron chi connectivity index (χ3n) is 11.4. The van der Waals surface area contributed by atoms with Crippen LogP contribution in [-0.4, -0.2) is 95.9 Å². The van der Waals surface area contributed by atoms with Gasteiger partial charge in [0, 0.05) is 34.3 Å². The number of likely N-dealkylation sites (tertiary alicyclic amines) is 2. The molecule has 2 saturated carbocycles. The van der Waals surface area contributed by atoms with Crippen molar-refractivity contribution in [2.75, 3.05) is 39.3 Å². The first kappa shape index (κ1) is 46.7. The summed E-state index contributed by atoms with van der Waals surface area (Å²) in [5, 5.41) is 11.4. The summed E-state index contributed by atoms with van der Waals surface area (Å²) in [5.41, 5.74) is -3.79. The van der Waals surface area contributed by atoms with Crippen molar-refractivity contribution in [3.8, 4) is 0 Å². The fourth-order valence-electron chi connectivity index (χ4n) is 8.10. The summed E-state index contributed by atoms with van der Waals surface area (Å²) in [5.74, 6) is -3.66. The van der Waals surface area contributed by atoms with E-state index in [1.807, 2.05) is 41.5 Å². The Labute approximate surface area is 344 Å². The lowest BCUT2D eigenvalue weighted by atomic mass is 9.92. The van der Waals surface area contributed by atoms with Crippen LogP contribution in [0.25, 0.3) is 0 Å². The zero-order chi connectivity index (χ0) is 44.6. The molecule has 0 unspecified atom stereocenters. The molecule has 4 fully saturated rings. The zero-order valence-corrected chi connectivity index (χ0v) is 34.7. The average molecular weight is 859 g/mol. The quantitative estimate of drug-likeness (QED) is 0.220. The van der Waals surface area contributed by atoms with Gasteiger partial charge in [-0.2, -0.15) is 26.3 Å². The van der Waals surface area contributed by atoms with Gasteiger partial charge in [-0.3, -0.25) is 29.0 Å². The third kappa shape index (κ3) is 12.8. The molecule has 2 aromatic carbocycles. The summed E-state index contributed by atoms with van der Waals surface area (Å²) in [4.78, 5) is 53.0. The van der Waals surface area contributed by atoms with Crippen LogP contribution in [0.4, 0.5) is 35.1 Å². The number of alkyl halides is 6. The number of nitrogens with one attached hydrogen (secondary N) is 4. The number of rotatable bonds is 8. The Kier molecular flexibility index (Phi) is 13.4. The van der Waals surface area contributed by atoms with Gasteiger partial charge >= 0.3 is 12.4 Å². The number of hydrogen-bond acceptors (Lipinski definition) is 6. The molecular weight excluding hydrogens is 804 g/mol. The number of hydrogen-bond donors (Lipinski definition) is 4. The van der Waals surface area contributed by atoms with E-state index in [4.69, 9.17) is 0 Å². The fourth-order valence-corrected chi connectivity index (χ4v) is 8.10. The van der Waals surface area contributed by atoms with Crippen LogP contribution < -0.4 is 21.3 Å². The zero-order valence-electron chi connectivity index (χ0n) is 34.7. The Balaban J connectivity index is 0.000000228. The monoisotopic (exact) mass is 858 g/mol. The van der Waals surface area contributed by atoms with Crippen LogP contribution in [-0.2, 0) is 21.9 Å². The van der Waals surface area contributed by atoms with Crippen molar-refractivity contribution in [1.29, 1.82) is 0 Å². The lowest BCUT2D eigenvalue weighted by Crippen LogP contribution is -2.48. The standard InChI is InChI=1S/2C21H27F4N3O2/c2*1-19(2,3)27-17(29)12-28-6-4-20(5-7-28)11-16(20)26-18(30)13-8-14(21(23,24)25)10-15(22)9-13/h2*8-10,16H,4-7,11-12H2,1-3H3,(H,26,30)(H,27,29)/t2*16-/m10/s1. The smallest absolute Gasteiger partial charge is 0.350 e. The first-order valence-electron chi connectivity index (χ1n) is 20.0. The molecule has 2 aliphatic heterocycles. The van der Waals surface area contributed by atoms with E-state index in [2.05, 4.69) is 31.1 Å². The van der Waals surface area contributed by atoms with Crippen LogP contribution in [0.15, 0.2) is 36.4 Å². The van der Waals surface area contributed by atoms with Crippen molar-refractivity contribution in [3.05, 3.63) is 70.3 Å². The summed E-state index contributed by atoms with van der Waals surface area (Å²) in [6.07, 6.45) is -4.80. The van der Waals surface area contributed by atoms with Crippen LogP contribution in [0.2, 0.25) is 0 Å². The van der Waals surface area contributed by atoms with Crippen molar-refractivity contribution in [3.63, 3.8) is 0 Å². The van der Waals surface area contributed by atoms with Gasteiger partial charge < -0.3 is 21.3 Å². The van der Waals surface area contributed by atoms with Crippen molar-refractivity contribution in [1.82, 2.24) is 31.1 Å². The first-order chi connectivity index (χ1) is 27.5. The van der Waals surface area contributed by atoms with Crippen LogP contribution >= 0.6 is 0 Å². The number of carbonyl (C=O) groups is 4. The van der Waals surface area contributed by atoms with Crippen molar-refractivity contribution < 1.29 is 54.3 Å². The van der Waals surface area contributed by atoms with Gasteiger partial charge in [0.2, 0.25) is 11.8 Å². The Hall–Kier alpha value is -4.32. The van der Waals surface area contributed by atoms with Crippen molar-refractivity contribution in [2.24, 2.45) is 10.8 Å². The molecule has 18 heteroatoms. The van der Waals surface area contributed by atoms with Gasteiger partial charge in [-0.15, -0.1) is 0 Å². The van der Waals surface area contributed by atoms with Crippen LogP contribution in [0.1, 0.15) is 112 Å². The van der Waals surface area contributed by atoms with E-state index in [1.165, 1.54) is 0 Å². The molecule has 0 radical (unpaired) electrons. The highest BCUT2D eigenvalue weighted by atomic mass is 19.4. The number of benzene rings is 2. The summed E-state index contributed by atoms with van der Waals surface area (Å²) in [6.45, 7) is 15.0. The van der Waals surface area contributed by atoms with Crippen molar-refractivity contribution >= 4 is 23.6 Å². The van der Waals surface area contributed by atoms with E-state index >= 15 is 0 Å². The Morgan fingerprint density at radius 3 is 1.17 bits per heavy atom. The van der Waals surface area contributed by atoms with E-state index in [-0.39, 0.29) is 56.9 Å². The number of amides is 4. The van der Waals surface area contributed by atoms with Crippen LogP contribution in [0.5, 0.6) is 0 Å². The lowest BCUT2D eigenvalue weighted by Gasteiger charge is -2.33. The van der Waals surface area contributed by atoms with E-state index in [0.717, 1.165) is 50.7 Å².